The van der Waals surface area contributed by atoms with Crippen LogP contribution in [-0.2, 0) is 6.54 Å². The summed E-state index contributed by atoms with van der Waals surface area (Å²) >= 11 is 6.29. The molecule has 6 nitrogen and oxygen atoms in total. The number of aromatic nitrogens is 1. The molecule has 0 saturated carbocycles. The highest BCUT2D eigenvalue weighted by Crippen LogP contribution is 2.37. The smallest absolute Gasteiger partial charge is 0.252 e. The van der Waals surface area contributed by atoms with Gasteiger partial charge in [0.1, 0.15) is 0 Å². The van der Waals surface area contributed by atoms with Crippen LogP contribution in [0.25, 0.3) is 10.9 Å². The van der Waals surface area contributed by atoms with Gasteiger partial charge in [-0.3, -0.25) is 9.59 Å². The van der Waals surface area contributed by atoms with Crippen LogP contribution in [-0.4, -0.2) is 24.1 Å². The lowest BCUT2D eigenvalue weighted by molar-refractivity contribution is 0.0952. The van der Waals surface area contributed by atoms with Crippen LogP contribution < -0.4 is 20.3 Å². The van der Waals surface area contributed by atoms with E-state index in [0.717, 1.165) is 12.0 Å². The number of nitrogens with one attached hydrogen (secondary N) is 2. The highest BCUT2D eigenvalue weighted by molar-refractivity contribution is 6.32. The summed E-state index contributed by atoms with van der Waals surface area (Å²) in [5.41, 5.74) is 1.41. The van der Waals surface area contributed by atoms with Crippen LogP contribution in [0.15, 0.2) is 47.3 Å². The van der Waals surface area contributed by atoms with Gasteiger partial charge in [0, 0.05) is 29.9 Å². The maximum Gasteiger partial charge on any atom is 0.252 e. The minimum Gasteiger partial charge on any atom is -0.489 e. The normalized spacial score (nSPS) is 13.2. The third-order valence-electron chi connectivity index (χ3n) is 4.31. The van der Waals surface area contributed by atoms with E-state index in [1.807, 2.05) is 12.1 Å². The molecule has 1 aromatic heterocycles. The molecule has 7 heteroatoms. The molecule has 2 aromatic carbocycles. The molecule has 27 heavy (non-hydrogen) atoms. The lowest BCUT2D eigenvalue weighted by Crippen LogP contribution is -2.24. The number of carbonyl (C=O) groups excluding carboxylic acids is 1. The Kier molecular flexibility index (Phi) is 4.73. The van der Waals surface area contributed by atoms with Crippen LogP contribution in [0.4, 0.5) is 0 Å². The molecule has 0 radical (unpaired) electrons. The maximum atomic E-state index is 12.7. The Labute approximate surface area is 160 Å². The van der Waals surface area contributed by atoms with Crippen molar-refractivity contribution in [3.8, 4) is 11.5 Å². The lowest BCUT2D eigenvalue weighted by atomic mass is 10.1. The molecule has 1 aliphatic rings. The van der Waals surface area contributed by atoms with Gasteiger partial charge in [0.2, 0.25) is 5.56 Å². The number of fused-ring (bicyclic) bond motifs is 2. The molecular formula is C20H17ClN2O4. The Morgan fingerprint density at radius 3 is 2.85 bits per heavy atom. The third-order valence-corrected chi connectivity index (χ3v) is 4.59. The quantitative estimate of drug-likeness (QED) is 0.726. The average molecular weight is 385 g/mol. The van der Waals surface area contributed by atoms with E-state index in [0.29, 0.717) is 46.2 Å². The van der Waals surface area contributed by atoms with E-state index in [4.69, 9.17) is 21.1 Å². The van der Waals surface area contributed by atoms with E-state index in [2.05, 4.69) is 10.3 Å². The molecule has 0 spiro atoms. The molecule has 0 bridgehead atoms. The second kappa shape index (κ2) is 7.32. The number of hydrogen-bond acceptors (Lipinski definition) is 4. The predicted molar refractivity (Wildman–Crippen MR) is 103 cm³/mol. The SMILES string of the molecule is O=C(NCc1cc(Cl)c2c(c1)OCCCO2)c1cc(=O)[nH]c2ccccc12. The average Bonchev–Trinajstić information content (AvgIpc) is 2.91. The molecular weight excluding hydrogens is 368 g/mol. The van der Waals surface area contributed by atoms with Crippen molar-refractivity contribution in [2.75, 3.05) is 13.2 Å². The maximum absolute atomic E-state index is 12.7. The molecule has 0 unspecified atom stereocenters. The molecule has 2 heterocycles. The Morgan fingerprint density at radius 2 is 1.96 bits per heavy atom. The number of ether oxygens (including phenoxy) is 2. The highest BCUT2D eigenvalue weighted by atomic mass is 35.5. The summed E-state index contributed by atoms with van der Waals surface area (Å²) in [5.74, 6) is 0.774. The largest absolute Gasteiger partial charge is 0.489 e. The van der Waals surface area contributed by atoms with Crippen molar-refractivity contribution in [2.45, 2.75) is 13.0 Å². The van der Waals surface area contributed by atoms with Crippen molar-refractivity contribution in [3.63, 3.8) is 0 Å². The van der Waals surface area contributed by atoms with Gasteiger partial charge in [-0.05, 0) is 23.8 Å². The number of H-pyrrole nitrogens is 1. The van der Waals surface area contributed by atoms with E-state index in [1.54, 1.807) is 24.3 Å². The first-order chi connectivity index (χ1) is 13.1. The van der Waals surface area contributed by atoms with Gasteiger partial charge < -0.3 is 19.8 Å². The second-order valence-electron chi connectivity index (χ2n) is 6.23. The summed E-state index contributed by atoms with van der Waals surface area (Å²) in [6.45, 7) is 1.35. The van der Waals surface area contributed by atoms with Gasteiger partial charge >= 0.3 is 0 Å². The van der Waals surface area contributed by atoms with Gasteiger partial charge in [0.05, 0.1) is 23.8 Å². The van der Waals surface area contributed by atoms with Gasteiger partial charge in [-0.15, -0.1) is 0 Å². The summed E-state index contributed by atoms with van der Waals surface area (Å²) in [6.07, 6.45) is 0.784. The summed E-state index contributed by atoms with van der Waals surface area (Å²) in [5, 5.41) is 3.97. The Bertz CT molecular complexity index is 1080. The van der Waals surface area contributed by atoms with Gasteiger partial charge in [-0.2, -0.15) is 0 Å². The second-order valence-corrected chi connectivity index (χ2v) is 6.64. The van der Waals surface area contributed by atoms with Crippen LogP contribution in [0.5, 0.6) is 11.5 Å². The van der Waals surface area contributed by atoms with Crippen LogP contribution in [0.1, 0.15) is 22.3 Å². The van der Waals surface area contributed by atoms with Gasteiger partial charge in [-0.25, -0.2) is 0 Å². The lowest BCUT2D eigenvalue weighted by Gasteiger charge is -2.12. The molecule has 138 valence electrons. The molecule has 3 aromatic rings. The number of aromatic amines is 1. The Balaban J connectivity index is 1.58. The number of amides is 1. The van der Waals surface area contributed by atoms with E-state index >= 15 is 0 Å². The van der Waals surface area contributed by atoms with Crippen LogP contribution in [0.2, 0.25) is 5.02 Å². The van der Waals surface area contributed by atoms with Crippen LogP contribution in [0.3, 0.4) is 0 Å². The molecule has 1 aliphatic heterocycles. The number of rotatable bonds is 3. The van der Waals surface area contributed by atoms with Gasteiger partial charge in [0.25, 0.3) is 5.91 Å². The van der Waals surface area contributed by atoms with Crippen molar-refractivity contribution < 1.29 is 14.3 Å². The molecule has 4 rings (SSSR count). The standard InChI is InChI=1S/C20H17ClN2O4/c21-15-8-12(9-17-19(15)27-7-3-6-26-17)11-22-20(25)14-10-18(24)23-16-5-2-1-4-13(14)16/h1-2,4-5,8-10H,3,6-7,11H2,(H,22,25)(H,23,24). The Hall–Kier alpha value is -2.99. The Morgan fingerprint density at radius 1 is 1.15 bits per heavy atom. The van der Waals surface area contributed by atoms with Crippen LogP contribution in [0, 0.1) is 0 Å². The summed E-state index contributed by atoms with van der Waals surface area (Å²) < 4.78 is 11.3. The zero-order valence-electron chi connectivity index (χ0n) is 14.4. The number of halogens is 1. The molecule has 0 fully saturated rings. The monoisotopic (exact) mass is 384 g/mol. The first-order valence-electron chi connectivity index (χ1n) is 8.60. The summed E-state index contributed by atoms with van der Waals surface area (Å²) in [7, 11) is 0. The molecule has 0 aliphatic carbocycles. The van der Waals surface area contributed by atoms with Crippen molar-refractivity contribution in [1.29, 1.82) is 0 Å². The summed E-state index contributed by atoms with van der Waals surface area (Å²) in [6, 6.07) is 12.0. The fraction of sp³-hybridized carbons (Fsp3) is 0.200. The highest BCUT2D eigenvalue weighted by Gasteiger charge is 2.17. The number of pyridine rings is 1. The van der Waals surface area contributed by atoms with Crippen molar-refractivity contribution >= 4 is 28.4 Å². The topological polar surface area (TPSA) is 80.4 Å². The first kappa shape index (κ1) is 17.4. The number of hydrogen-bond donors (Lipinski definition) is 2. The first-order valence-corrected chi connectivity index (χ1v) is 8.98. The zero-order valence-corrected chi connectivity index (χ0v) is 15.1. The fourth-order valence-corrected chi connectivity index (χ4v) is 3.34. The van der Waals surface area contributed by atoms with Crippen molar-refractivity contribution in [3.05, 3.63) is 69.0 Å². The van der Waals surface area contributed by atoms with Crippen molar-refractivity contribution in [1.82, 2.24) is 10.3 Å². The summed E-state index contributed by atoms with van der Waals surface area (Å²) in [4.78, 5) is 27.2. The minimum atomic E-state index is -0.333. The molecule has 1 amide bonds. The van der Waals surface area contributed by atoms with Gasteiger partial charge in [-0.1, -0.05) is 29.8 Å². The molecule has 2 N–H and O–H groups in total. The van der Waals surface area contributed by atoms with E-state index in [1.165, 1.54) is 6.07 Å². The molecule has 0 saturated heterocycles. The van der Waals surface area contributed by atoms with E-state index < -0.39 is 0 Å². The van der Waals surface area contributed by atoms with E-state index in [9.17, 15) is 9.59 Å². The predicted octanol–water partition coefficient (Wildman–Crippen LogP) is 3.27. The number of para-hydroxylation sites is 1. The molecule has 0 atom stereocenters. The minimum absolute atomic E-state index is 0.246. The number of carbonyl (C=O) groups is 1. The van der Waals surface area contributed by atoms with Gasteiger partial charge in [0.15, 0.2) is 11.5 Å². The van der Waals surface area contributed by atoms with E-state index in [-0.39, 0.29) is 18.0 Å². The van der Waals surface area contributed by atoms with Crippen LogP contribution >= 0.6 is 11.6 Å². The number of benzene rings is 2. The third kappa shape index (κ3) is 3.61. The fourth-order valence-electron chi connectivity index (χ4n) is 3.06. The zero-order chi connectivity index (χ0) is 18.8. The van der Waals surface area contributed by atoms with Crippen molar-refractivity contribution in [2.24, 2.45) is 0 Å².